The van der Waals surface area contributed by atoms with Gasteiger partial charge in [0.25, 0.3) is 10.0 Å². The summed E-state index contributed by atoms with van der Waals surface area (Å²) in [7, 11) is -1.41. The largest absolute Gasteiger partial charge is 0.353 e. The number of thiophene rings is 1. The molecule has 0 aliphatic carbocycles. The molecule has 3 rings (SSSR count). The molecule has 0 aromatic carbocycles. The van der Waals surface area contributed by atoms with Crippen molar-refractivity contribution in [2.24, 2.45) is 7.05 Å². The van der Waals surface area contributed by atoms with Crippen LogP contribution in [0.5, 0.6) is 0 Å². The molecule has 1 saturated heterocycles. The van der Waals surface area contributed by atoms with E-state index in [9.17, 15) is 8.42 Å². The lowest BCUT2D eigenvalue weighted by Gasteiger charge is -2.29. The number of aromatic nitrogens is 1. The summed E-state index contributed by atoms with van der Waals surface area (Å²) in [5, 5.41) is 1.82. The van der Waals surface area contributed by atoms with Gasteiger partial charge in [0.15, 0.2) is 0 Å². The van der Waals surface area contributed by atoms with E-state index in [4.69, 9.17) is 0 Å². The fraction of sp³-hybridized carbons (Fsp3) is 0.467. The Morgan fingerprint density at radius 3 is 2.71 bits per heavy atom. The van der Waals surface area contributed by atoms with Crippen molar-refractivity contribution in [1.29, 1.82) is 0 Å². The van der Waals surface area contributed by atoms with Gasteiger partial charge in [-0.15, -0.1) is 11.3 Å². The second-order valence-electron chi connectivity index (χ2n) is 5.46. The highest BCUT2D eigenvalue weighted by molar-refractivity contribution is 7.91. The third-order valence-electron chi connectivity index (χ3n) is 4.09. The van der Waals surface area contributed by atoms with Crippen molar-refractivity contribution in [2.75, 3.05) is 6.54 Å². The van der Waals surface area contributed by atoms with Crippen molar-refractivity contribution in [1.82, 2.24) is 8.87 Å². The summed E-state index contributed by atoms with van der Waals surface area (Å²) < 4.78 is 30.1. The average Bonchev–Trinajstić information content (AvgIpc) is 3.06. The molecule has 114 valence electrons. The van der Waals surface area contributed by atoms with Gasteiger partial charge in [-0.25, -0.2) is 8.42 Å². The molecule has 6 heteroatoms. The predicted molar refractivity (Wildman–Crippen MR) is 84.8 cm³/mol. The maximum absolute atomic E-state index is 12.9. The molecule has 0 saturated carbocycles. The fourth-order valence-electron chi connectivity index (χ4n) is 3.01. The Morgan fingerprint density at radius 1 is 1.19 bits per heavy atom. The molecule has 0 spiro atoms. The molecular formula is C15H20N2O2S2. The smallest absolute Gasteiger partial charge is 0.253 e. The molecule has 0 bridgehead atoms. The Hall–Kier alpha value is -1.11. The summed E-state index contributed by atoms with van der Waals surface area (Å²) in [5.41, 5.74) is 1.08. The van der Waals surface area contributed by atoms with Crippen LogP contribution in [-0.4, -0.2) is 23.8 Å². The van der Waals surface area contributed by atoms with Crippen LogP contribution in [0.25, 0.3) is 0 Å². The SMILES string of the molecule is Cn1cccc1[C@H]1CCCCCN1S(=O)(=O)c1cccs1. The van der Waals surface area contributed by atoms with Crippen LogP contribution >= 0.6 is 11.3 Å². The van der Waals surface area contributed by atoms with Crippen LogP contribution in [0.4, 0.5) is 0 Å². The number of sulfonamides is 1. The minimum atomic E-state index is -3.40. The van der Waals surface area contributed by atoms with E-state index in [1.54, 1.807) is 16.4 Å². The van der Waals surface area contributed by atoms with E-state index in [0.717, 1.165) is 31.4 Å². The zero-order valence-electron chi connectivity index (χ0n) is 12.1. The minimum Gasteiger partial charge on any atom is -0.353 e. The molecule has 0 N–H and O–H groups in total. The topological polar surface area (TPSA) is 42.3 Å². The van der Waals surface area contributed by atoms with Crippen molar-refractivity contribution < 1.29 is 8.42 Å². The van der Waals surface area contributed by atoms with Crippen molar-refractivity contribution in [3.8, 4) is 0 Å². The van der Waals surface area contributed by atoms with Gasteiger partial charge in [-0.1, -0.05) is 18.9 Å². The monoisotopic (exact) mass is 324 g/mol. The lowest BCUT2D eigenvalue weighted by molar-refractivity contribution is 0.319. The Bertz CT molecular complexity index is 689. The zero-order chi connectivity index (χ0) is 14.9. The van der Waals surface area contributed by atoms with Crippen LogP contribution in [0.1, 0.15) is 37.4 Å². The van der Waals surface area contributed by atoms with Crippen LogP contribution in [0.2, 0.25) is 0 Å². The third-order valence-corrected chi connectivity index (χ3v) is 7.37. The molecule has 3 heterocycles. The molecule has 0 radical (unpaired) electrons. The van der Waals surface area contributed by atoms with Gasteiger partial charge in [0.05, 0.1) is 6.04 Å². The van der Waals surface area contributed by atoms with Gasteiger partial charge < -0.3 is 4.57 Å². The normalized spacial score (nSPS) is 21.3. The first kappa shape index (κ1) is 14.8. The van der Waals surface area contributed by atoms with Crippen molar-refractivity contribution >= 4 is 21.4 Å². The molecule has 0 unspecified atom stereocenters. The molecule has 2 aromatic heterocycles. The minimum absolute atomic E-state index is 0.0559. The van der Waals surface area contributed by atoms with Gasteiger partial charge in [0, 0.05) is 25.5 Å². The number of aryl methyl sites for hydroxylation is 1. The number of hydrogen-bond acceptors (Lipinski definition) is 3. The first-order valence-electron chi connectivity index (χ1n) is 7.27. The van der Waals surface area contributed by atoms with Crippen LogP contribution in [0.3, 0.4) is 0 Å². The molecular weight excluding hydrogens is 304 g/mol. The van der Waals surface area contributed by atoms with Gasteiger partial charge in [0.1, 0.15) is 4.21 Å². The van der Waals surface area contributed by atoms with E-state index in [1.807, 2.05) is 35.3 Å². The van der Waals surface area contributed by atoms with E-state index < -0.39 is 10.0 Å². The molecule has 4 nitrogen and oxygen atoms in total. The first-order chi connectivity index (χ1) is 10.1. The van der Waals surface area contributed by atoms with Crippen LogP contribution < -0.4 is 0 Å². The Morgan fingerprint density at radius 2 is 2.05 bits per heavy atom. The second kappa shape index (κ2) is 5.94. The van der Waals surface area contributed by atoms with E-state index in [1.165, 1.54) is 11.3 Å². The quantitative estimate of drug-likeness (QED) is 0.868. The summed E-state index contributed by atoms with van der Waals surface area (Å²) >= 11 is 1.30. The summed E-state index contributed by atoms with van der Waals surface area (Å²) in [6, 6.07) is 7.46. The molecule has 21 heavy (non-hydrogen) atoms. The van der Waals surface area contributed by atoms with Crippen molar-refractivity contribution in [2.45, 2.75) is 35.9 Å². The van der Waals surface area contributed by atoms with Crippen molar-refractivity contribution in [3.63, 3.8) is 0 Å². The van der Waals surface area contributed by atoms with Gasteiger partial charge in [-0.05, 0) is 36.4 Å². The Labute approximate surface area is 130 Å². The van der Waals surface area contributed by atoms with Crippen LogP contribution in [0.15, 0.2) is 40.1 Å². The lowest BCUT2D eigenvalue weighted by Crippen LogP contribution is -2.35. The molecule has 1 fully saturated rings. The van der Waals surface area contributed by atoms with Crippen LogP contribution in [0, 0.1) is 0 Å². The predicted octanol–water partition coefficient (Wildman–Crippen LogP) is 3.39. The highest BCUT2D eigenvalue weighted by atomic mass is 32.2. The van der Waals surface area contributed by atoms with Gasteiger partial charge in [-0.2, -0.15) is 4.31 Å². The standard InChI is InChI=1S/C15H20N2O2S2/c1-16-10-5-8-13(16)14-7-3-2-4-11-17(14)21(18,19)15-9-6-12-20-15/h5-6,8-10,12,14H,2-4,7,11H2,1H3/t14-/m1/s1. The molecule has 2 aromatic rings. The fourth-order valence-corrected chi connectivity index (χ4v) is 5.80. The number of nitrogens with zero attached hydrogens (tertiary/aromatic N) is 2. The van der Waals surface area contributed by atoms with Gasteiger partial charge >= 0.3 is 0 Å². The summed E-state index contributed by atoms with van der Waals surface area (Å²) in [4.78, 5) is 0. The highest BCUT2D eigenvalue weighted by Gasteiger charge is 2.34. The summed E-state index contributed by atoms with van der Waals surface area (Å²) in [5.74, 6) is 0. The Balaban J connectivity index is 2.02. The van der Waals surface area contributed by atoms with E-state index in [2.05, 4.69) is 0 Å². The highest BCUT2D eigenvalue weighted by Crippen LogP contribution is 2.35. The van der Waals surface area contributed by atoms with Gasteiger partial charge in [-0.3, -0.25) is 0 Å². The maximum Gasteiger partial charge on any atom is 0.253 e. The Kier molecular flexibility index (Phi) is 4.19. The third kappa shape index (κ3) is 2.80. The van der Waals surface area contributed by atoms with E-state index >= 15 is 0 Å². The van der Waals surface area contributed by atoms with E-state index in [-0.39, 0.29) is 6.04 Å². The van der Waals surface area contributed by atoms with Crippen molar-refractivity contribution in [3.05, 3.63) is 41.5 Å². The lowest BCUT2D eigenvalue weighted by atomic mass is 10.1. The van der Waals surface area contributed by atoms with Gasteiger partial charge in [0.2, 0.25) is 0 Å². The number of rotatable bonds is 3. The molecule has 1 aliphatic heterocycles. The average molecular weight is 324 g/mol. The maximum atomic E-state index is 12.9. The van der Waals surface area contributed by atoms with E-state index in [0.29, 0.717) is 10.8 Å². The molecule has 1 aliphatic rings. The zero-order valence-corrected chi connectivity index (χ0v) is 13.7. The first-order valence-corrected chi connectivity index (χ1v) is 9.59. The van der Waals surface area contributed by atoms with Crippen LogP contribution in [-0.2, 0) is 17.1 Å². The second-order valence-corrected chi connectivity index (χ2v) is 8.52. The number of hydrogen-bond donors (Lipinski definition) is 0. The molecule has 1 atom stereocenters. The molecule has 0 amide bonds. The summed E-state index contributed by atoms with van der Waals surface area (Å²) in [6.45, 7) is 0.607. The summed E-state index contributed by atoms with van der Waals surface area (Å²) in [6.07, 6.45) is 5.98.